The molecular formula is C13H6BrClF2N2. The van der Waals surface area contributed by atoms with Crippen LogP contribution in [0.1, 0.15) is 0 Å². The lowest BCUT2D eigenvalue weighted by Gasteiger charge is -2.00. The number of H-pyrrole nitrogens is 1. The zero-order valence-corrected chi connectivity index (χ0v) is 11.7. The van der Waals surface area contributed by atoms with Gasteiger partial charge in [-0.3, -0.25) is 0 Å². The fraction of sp³-hybridized carbons (Fsp3) is 0. The lowest BCUT2D eigenvalue weighted by Crippen LogP contribution is -1.84. The summed E-state index contributed by atoms with van der Waals surface area (Å²) < 4.78 is 27.6. The molecule has 0 bridgehead atoms. The number of benzene rings is 2. The Bertz CT molecular complexity index is 786. The Morgan fingerprint density at radius 2 is 1.95 bits per heavy atom. The molecule has 0 aliphatic heterocycles. The molecule has 3 rings (SSSR count). The minimum absolute atomic E-state index is 0.0333. The first-order chi connectivity index (χ1) is 9.06. The van der Waals surface area contributed by atoms with Gasteiger partial charge in [-0.15, -0.1) is 0 Å². The van der Waals surface area contributed by atoms with Gasteiger partial charge in [0.1, 0.15) is 11.3 Å². The van der Waals surface area contributed by atoms with Crippen LogP contribution in [0.5, 0.6) is 0 Å². The van der Waals surface area contributed by atoms with Gasteiger partial charge in [-0.2, -0.15) is 0 Å². The first-order valence-corrected chi connectivity index (χ1v) is 6.52. The van der Waals surface area contributed by atoms with Crippen LogP contribution >= 0.6 is 27.5 Å². The predicted octanol–water partition coefficient (Wildman–Crippen LogP) is 4.92. The van der Waals surface area contributed by atoms with Crippen LogP contribution in [-0.2, 0) is 0 Å². The molecule has 0 aliphatic carbocycles. The molecule has 2 nitrogen and oxygen atoms in total. The van der Waals surface area contributed by atoms with Crippen molar-refractivity contribution in [1.29, 1.82) is 0 Å². The van der Waals surface area contributed by atoms with Gasteiger partial charge >= 0.3 is 0 Å². The summed E-state index contributed by atoms with van der Waals surface area (Å²) in [6, 6.07) is 7.75. The fourth-order valence-electron chi connectivity index (χ4n) is 1.83. The van der Waals surface area contributed by atoms with E-state index in [-0.39, 0.29) is 5.52 Å². The zero-order valence-electron chi connectivity index (χ0n) is 9.35. The Labute approximate surface area is 120 Å². The van der Waals surface area contributed by atoms with Crippen molar-refractivity contribution in [3.05, 3.63) is 51.5 Å². The van der Waals surface area contributed by atoms with E-state index in [0.717, 1.165) is 10.5 Å². The average molecular weight is 344 g/mol. The molecule has 0 radical (unpaired) electrons. The number of aromatic amines is 1. The first kappa shape index (κ1) is 12.6. The van der Waals surface area contributed by atoms with Crippen molar-refractivity contribution in [3.63, 3.8) is 0 Å². The van der Waals surface area contributed by atoms with Gasteiger partial charge in [0.2, 0.25) is 0 Å². The SMILES string of the molecule is Fc1ccc2[nH]c(-c3ccc(Br)cc3Cl)nc2c1F. The van der Waals surface area contributed by atoms with Gasteiger partial charge in [-0.25, -0.2) is 13.8 Å². The topological polar surface area (TPSA) is 28.7 Å². The molecule has 3 aromatic rings. The summed E-state index contributed by atoms with van der Waals surface area (Å²) in [5.74, 6) is -1.49. The molecule has 19 heavy (non-hydrogen) atoms. The van der Waals surface area contributed by atoms with E-state index in [1.807, 2.05) is 0 Å². The smallest absolute Gasteiger partial charge is 0.186 e. The second-order valence-corrected chi connectivity index (χ2v) is 5.29. The van der Waals surface area contributed by atoms with E-state index in [2.05, 4.69) is 25.9 Å². The largest absolute Gasteiger partial charge is 0.338 e. The Morgan fingerprint density at radius 1 is 1.16 bits per heavy atom. The van der Waals surface area contributed by atoms with Crippen molar-refractivity contribution >= 4 is 38.6 Å². The average Bonchev–Trinajstić information content (AvgIpc) is 2.78. The van der Waals surface area contributed by atoms with Gasteiger partial charge < -0.3 is 4.98 Å². The normalized spacial score (nSPS) is 11.2. The molecule has 2 aromatic carbocycles. The molecule has 6 heteroatoms. The summed E-state index contributed by atoms with van der Waals surface area (Å²) in [4.78, 5) is 6.99. The second-order valence-electron chi connectivity index (χ2n) is 3.97. The second kappa shape index (κ2) is 4.58. The third-order valence-corrected chi connectivity index (χ3v) is 3.54. The highest BCUT2D eigenvalue weighted by atomic mass is 79.9. The monoisotopic (exact) mass is 342 g/mol. The van der Waals surface area contributed by atoms with Gasteiger partial charge in [-0.05, 0) is 30.3 Å². The molecule has 1 N–H and O–H groups in total. The van der Waals surface area contributed by atoms with E-state index in [1.54, 1.807) is 18.2 Å². The highest BCUT2D eigenvalue weighted by Crippen LogP contribution is 2.30. The van der Waals surface area contributed by atoms with Crippen LogP contribution in [-0.4, -0.2) is 9.97 Å². The molecule has 0 saturated carbocycles. The lowest BCUT2D eigenvalue weighted by molar-refractivity contribution is 0.515. The van der Waals surface area contributed by atoms with E-state index < -0.39 is 11.6 Å². The van der Waals surface area contributed by atoms with Crippen LogP contribution in [0.3, 0.4) is 0 Å². The maximum absolute atomic E-state index is 13.6. The van der Waals surface area contributed by atoms with Gasteiger partial charge in [0.25, 0.3) is 0 Å². The number of nitrogens with zero attached hydrogens (tertiary/aromatic N) is 1. The minimum Gasteiger partial charge on any atom is -0.338 e. The quantitative estimate of drug-likeness (QED) is 0.667. The van der Waals surface area contributed by atoms with Crippen LogP contribution in [0.25, 0.3) is 22.4 Å². The number of hydrogen-bond acceptors (Lipinski definition) is 1. The van der Waals surface area contributed by atoms with Crippen LogP contribution in [0, 0.1) is 11.6 Å². The summed E-state index contributed by atoms with van der Waals surface area (Å²) in [6.07, 6.45) is 0. The molecule has 1 heterocycles. The Kier molecular flexibility index (Phi) is 3.03. The molecule has 0 fully saturated rings. The summed E-state index contributed by atoms with van der Waals surface area (Å²) in [6.45, 7) is 0. The maximum Gasteiger partial charge on any atom is 0.186 e. The van der Waals surface area contributed by atoms with Crippen molar-refractivity contribution < 1.29 is 8.78 Å². The summed E-state index contributed by atoms with van der Waals surface area (Å²) in [5, 5.41) is 0.467. The summed E-state index contributed by atoms with van der Waals surface area (Å²) in [7, 11) is 0. The summed E-state index contributed by atoms with van der Waals surface area (Å²) in [5.41, 5.74) is 1.02. The lowest BCUT2D eigenvalue weighted by atomic mass is 10.2. The Balaban J connectivity index is 2.23. The van der Waals surface area contributed by atoms with E-state index >= 15 is 0 Å². The van der Waals surface area contributed by atoms with Crippen LogP contribution in [0.4, 0.5) is 8.78 Å². The van der Waals surface area contributed by atoms with E-state index in [0.29, 0.717) is 21.9 Å². The maximum atomic E-state index is 13.6. The number of aromatic nitrogens is 2. The third kappa shape index (κ3) is 2.13. The molecule has 0 spiro atoms. The number of hydrogen-bond donors (Lipinski definition) is 1. The predicted molar refractivity (Wildman–Crippen MR) is 74.2 cm³/mol. The first-order valence-electron chi connectivity index (χ1n) is 5.35. The molecular weight excluding hydrogens is 338 g/mol. The number of nitrogens with one attached hydrogen (secondary N) is 1. The molecule has 0 amide bonds. The van der Waals surface area contributed by atoms with Crippen molar-refractivity contribution in [3.8, 4) is 11.4 Å². The van der Waals surface area contributed by atoms with Gasteiger partial charge in [-0.1, -0.05) is 27.5 Å². The number of halogens is 4. The molecule has 1 aromatic heterocycles. The molecule has 0 unspecified atom stereocenters. The molecule has 0 atom stereocenters. The van der Waals surface area contributed by atoms with Crippen molar-refractivity contribution in [2.75, 3.05) is 0 Å². The van der Waals surface area contributed by atoms with Crippen molar-refractivity contribution in [2.45, 2.75) is 0 Å². The van der Waals surface area contributed by atoms with E-state index in [4.69, 9.17) is 11.6 Å². The highest BCUT2D eigenvalue weighted by Gasteiger charge is 2.14. The number of imidazole rings is 1. The minimum atomic E-state index is -0.965. The van der Waals surface area contributed by atoms with Crippen molar-refractivity contribution in [1.82, 2.24) is 9.97 Å². The van der Waals surface area contributed by atoms with Gasteiger partial charge in [0, 0.05) is 10.0 Å². The number of rotatable bonds is 1. The Hall–Kier alpha value is -1.46. The zero-order chi connectivity index (χ0) is 13.6. The van der Waals surface area contributed by atoms with Crippen LogP contribution < -0.4 is 0 Å². The third-order valence-electron chi connectivity index (χ3n) is 2.73. The Morgan fingerprint density at radius 3 is 2.68 bits per heavy atom. The van der Waals surface area contributed by atoms with Crippen LogP contribution in [0.15, 0.2) is 34.8 Å². The molecule has 0 saturated heterocycles. The van der Waals surface area contributed by atoms with Gasteiger partial charge in [0.05, 0.1) is 10.5 Å². The summed E-state index contributed by atoms with van der Waals surface area (Å²) >= 11 is 9.40. The van der Waals surface area contributed by atoms with Crippen molar-refractivity contribution in [2.24, 2.45) is 0 Å². The molecule has 96 valence electrons. The number of fused-ring (bicyclic) bond motifs is 1. The fourth-order valence-corrected chi connectivity index (χ4v) is 2.59. The van der Waals surface area contributed by atoms with Gasteiger partial charge in [0.15, 0.2) is 11.6 Å². The standard InChI is InChI=1S/C13H6BrClF2N2/c14-6-1-2-7(8(15)5-6)13-18-10-4-3-9(16)11(17)12(10)19-13/h1-5H,(H,18,19). The molecule has 0 aliphatic rings. The highest BCUT2D eigenvalue weighted by molar-refractivity contribution is 9.10. The van der Waals surface area contributed by atoms with E-state index in [9.17, 15) is 8.78 Å². The van der Waals surface area contributed by atoms with E-state index in [1.165, 1.54) is 6.07 Å². The van der Waals surface area contributed by atoms with Crippen LogP contribution in [0.2, 0.25) is 5.02 Å².